The van der Waals surface area contributed by atoms with Crippen LogP contribution in [0.15, 0.2) is 48.5 Å². The van der Waals surface area contributed by atoms with Crippen LogP contribution < -0.4 is 4.74 Å². The molecule has 0 N–H and O–H groups in total. The van der Waals surface area contributed by atoms with Crippen LogP contribution in [0.3, 0.4) is 0 Å². The molecule has 1 aliphatic heterocycles. The SMILES string of the molecule is COc1ccccc1C(=O)N1CCN(CCc2cccc(Cl)c2)CC1. The number of hydrogen-bond donors (Lipinski definition) is 0. The van der Waals surface area contributed by atoms with Gasteiger partial charge in [-0.15, -0.1) is 0 Å². The zero-order valence-electron chi connectivity index (χ0n) is 14.5. The van der Waals surface area contributed by atoms with Crippen molar-refractivity contribution in [1.82, 2.24) is 9.80 Å². The summed E-state index contributed by atoms with van der Waals surface area (Å²) in [6, 6.07) is 15.4. The van der Waals surface area contributed by atoms with E-state index in [1.807, 2.05) is 47.4 Å². The Balaban J connectivity index is 1.52. The van der Waals surface area contributed by atoms with Crippen LogP contribution in [-0.4, -0.2) is 55.5 Å². The Bertz CT molecular complexity index is 727. The van der Waals surface area contributed by atoms with Crippen LogP contribution in [0.4, 0.5) is 0 Å². The Kier molecular flexibility index (Phi) is 5.95. The minimum atomic E-state index is 0.0481. The van der Waals surface area contributed by atoms with Crippen LogP contribution in [0.5, 0.6) is 5.75 Å². The molecule has 0 aliphatic carbocycles. The summed E-state index contributed by atoms with van der Waals surface area (Å²) in [6.07, 6.45) is 0.973. The van der Waals surface area contributed by atoms with Gasteiger partial charge in [0.1, 0.15) is 5.75 Å². The van der Waals surface area contributed by atoms with Crippen molar-refractivity contribution in [1.29, 1.82) is 0 Å². The third-order valence-corrected chi connectivity index (χ3v) is 4.84. The van der Waals surface area contributed by atoms with Crippen molar-refractivity contribution in [3.63, 3.8) is 0 Å². The third kappa shape index (κ3) is 4.53. The van der Waals surface area contributed by atoms with Gasteiger partial charge in [-0.2, -0.15) is 0 Å². The number of halogens is 1. The molecule has 2 aromatic carbocycles. The zero-order valence-corrected chi connectivity index (χ0v) is 15.2. The first kappa shape index (κ1) is 17.8. The average molecular weight is 359 g/mol. The van der Waals surface area contributed by atoms with E-state index in [9.17, 15) is 4.79 Å². The third-order valence-electron chi connectivity index (χ3n) is 4.60. The number of ether oxygens (including phenoxy) is 1. The number of hydrogen-bond acceptors (Lipinski definition) is 3. The smallest absolute Gasteiger partial charge is 0.257 e. The van der Waals surface area contributed by atoms with E-state index < -0.39 is 0 Å². The standard InChI is InChI=1S/C20H23ClN2O2/c1-25-19-8-3-2-7-18(19)20(24)23-13-11-22(12-14-23)10-9-16-5-4-6-17(21)15-16/h2-8,15H,9-14H2,1H3. The summed E-state index contributed by atoms with van der Waals surface area (Å²) in [5.41, 5.74) is 1.89. The summed E-state index contributed by atoms with van der Waals surface area (Å²) in [5, 5.41) is 0.782. The first-order valence-corrected chi connectivity index (χ1v) is 8.94. The van der Waals surface area contributed by atoms with Crippen LogP contribution in [-0.2, 0) is 6.42 Å². The maximum absolute atomic E-state index is 12.7. The van der Waals surface area contributed by atoms with Gasteiger partial charge >= 0.3 is 0 Å². The number of carbonyl (C=O) groups excluding carboxylic acids is 1. The summed E-state index contributed by atoms with van der Waals surface area (Å²) in [5.74, 6) is 0.683. The minimum absolute atomic E-state index is 0.0481. The summed E-state index contributed by atoms with van der Waals surface area (Å²) < 4.78 is 5.31. The zero-order chi connectivity index (χ0) is 17.6. The Hall–Kier alpha value is -2.04. The molecule has 1 heterocycles. The molecular weight excluding hydrogens is 336 g/mol. The van der Waals surface area contributed by atoms with E-state index in [4.69, 9.17) is 16.3 Å². The van der Waals surface area contributed by atoms with Gasteiger partial charge in [0.25, 0.3) is 5.91 Å². The number of para-hydroxylation sites is 1. The molecule has 1 saturated heterocycles. The van der Waals surface area contributed by atoms with Crippen molar-refractivity contribution in [3.05, 3.63) is 64.7 Å². The van der Waals surface area contributed by atoms with Crippen molar-refractivity contribution < 1.29 is 9.53 Å². The van der Waals surface area contributed by atoms with Crippen molar-refractivity contribution in [3.8, 4) is 5.75 Å². The molecular formula is C20H23ClN2O2. The lowest BCUT2D eigenvalue weighted by atomic mass is 10.1. The topological polar surface area (TPSA) is 32.8 Å². The average Bonchev–Trinajstić information content (AvgIpc) is 2.66. The van der Waals surface area contributed by atoms with Gasteiger partial charge in [-0.25, -0.2) is 0 Å². The number of benzene rings is 2. The van der Waals surface area contributed by atoms with E-state index in [1.54, 1.807) is 7.11 Å². The van der Waals surface area contributed by atoms with E-state index >= 15 is 0 Å². The van der Waals surface area contributed by atoms with Crippen molar-refractivity contribution >= 4 is 17.5 Å². The highest BCUT2D eigenvalue weighted by Gasteiger charge is 2.23. The summed E-state index contributed by atoms with van der Waals surface area (Å²) in [7, 11) is 1.60. The number of rotatable bonds is 5. The molecule has 5 heteroatoms. The maximum Gasteiger partial charge on any atom is 0.257 e. The van der Waals surface area contributed by atoms with E-state index in [0.29, 0.717) is 11.3 Å². The molecule has 0 spiro atoms. The Morgan fingerprint density at radius 2 is 1.84 bits per heavy atom. The molecule has 0 unspecified atom stereocenters. The number of piperazine rings is 1. The predicted octanol–water partition coefficient (Wildman–Crippen LogP) is 3.35. The molecule has 0 aromatic heterocycles. The second kappa shape index (κ2) is 8.37. The summed E-state index contributed by atoms with van der Waals surface area (Å²) in [6.45, 7) is 4.25. The monoisotopic (exact) mass is 358 g/mol. The largest absolute Gasteiger partial charge is 0.496 e. The molecule has 4 nitrogen and oxygen atoms in total. The predicted molar refractivity (Wildman–Crippen MR) is 100 cm³/mol. The number of nitrogens with zero attached hydrogens (tertiary/aromatic N) is 2. The fourth-order valence-corrected chi connectivity index (χ4v) is 3.36. The molecule has 132 valence electrons. The van der Waals surface area contributed by atoms with Crippen LogP contribution in [0, 0.1) is 0 Å². The molecule has 0 radical (unpaired) electrons. The van der Waals surface area contributed by atoms with Crippen LogP contribution in [0.25, 0.3) is 0 Å². The fraction of sp³-hybridized carbons (Fsp3) is 0.350. The van der Waals surface area contributed by atoms with E-state index in [-0.39, 0.29) is 5.91 Å². The number of carbonyl (C=O) groups is 1. The molecule has 1 fully saturated rings. The molecule has 0 atom stereocenters. The van der Waals surface area contributed by atoms with Gasteiger partial charge in [0.15, 0.2) is 0 Å². The highest BCUT2D eigenvalue weighted by Crippen LogP contribution is 2.20. The first-order chi connectivity index (χ1) is 12.2. The maximum atomic E-state index is 12.7. The highest BCUT2D eigenvalue weighted by molar-refractivity contribution is 6.30. The van der Waals surface area contributed by atoms with Gasteiger partial charge in [0, 0.05) is 37.7 Å². The highest BCUT2D eigenvalue weighted by atomic mass is 35.5. The van der Waals surface area contributed by atoms with Crippen molar-refractivity contribution in [2.75, 3.05) is 39.8 Å². The van der Waals surface area contributed by atoms with Crippen LogP contribution in [0.2, 0.25) is 5.02 Å². The second-order valence-corrected chi connectivity index (χ2v) is 6.65. The van der Waals surface area contributed by atoms with Crippen LogP contribution >= 0.6 is 11.6 Å². The van der Waals surface area contributed by atoms with E-state index in [1.165, 1.54) is 5.56 Å². The lowest BCUT2D eigenvalue weighted by molar-refractivity contribution is 0.0635. The van der Waals surface area contributed by atoms with Gasteiger partial charge in [0.05, 0.1) is 12.7 Å². The molecule has 1 aliphatic rings. The van der Waals surface area contributed by atoms with Crippen molar-refractivity contribution in [2.24, 2.45) is 0 Å². The minimum Gasteiger partial charge on any atom is -0.496 e. The Morgan fingerprint density at radius 3 is 2.56 bits per heavy atom. The van der Waals surface area contributed by atoms with Crippen LogP contribution in [0.1, 0.15) is 15.9 Å². The van der Waals surface area contributed by atoms with Gasteiger partial charge < -0.3 is 9.64 Å². The number of amides is 1. The molecule has 25 heavy (non-hydrogen) atoms. The van der Waals surface area contributed by atoms with E-state index in [2.05, 4.69) is 11.0 Å². The molecule has 1 amide bonds. The van der Waals surface area contributed by atoms with Gasteiger partial charge in [-0.1, -0.05) is 35.9 Å². The summed E-state index contributed by atoms with van der Waals surface area (Å²) >= 11 is 6.04. The second-order valence-electron chi connectivity index (χ2n) is 6.21. The van der Waals surface area contributed by atoms with Crippen molar-refractivity contribution in [2.45, 2.75) is 6.42 Å². The van der Waals surface area contributed by atoms with Gasteiger partial charge in [0.2, 0.25) is 0 Å². The molecule has 0 bridgehead atoms. The Morgan fingerprint density at radius 1 is 1.08 bits per heavy atom. The normalized spacial score (nSPS) is 15.2. The molecule has 2 aromatic rings. The molecule has 0 saturated carbocycles. The first-order valence-electron chi connectivity index (χ1n) is 8.56. The number of methoxy groups -OCH3 is 1. The quantitative estimate of drug-likeness (QED) is 0.821. The van der Waals surface area contributed by atoms with E-state index in [0.717, 1.165) is 44.2 Å². The van der Waals surface area contributed by atoms with Gasteiger partial charge in [-0.3, -0.25) is 9.69 Å². The molecule has 3 rings (SSSR count). The van der Waals surface area contributed by atoms with Gasteiger partial charge in [-0.05, 0) is 36.2 Å². The Labute approximate surface area is 154 Å². The lowest BCUT2D eigenvalue weighted by Crippen LogP contribution is -2.49. The lowest BCUT2D eigenvalue weighted by Gasteiger charge is -2.35. The fourth-order valence-electron chi connectivity index (χ4n) is 3.15. The summed E-state index contributed by atoms with van der Waals surface area (Å²) in [4.78, 5) is 17.0.